The smallest absolute Gasteiger partial charge is 0.417 e. The summed E-state index contributed by atoms with van der Waals surface area (Å²) in [4.78, 5) is 25.0. The Hall–Kier alpha value is -4.79. The van der Waals surface area contributed by atoms with Gasteiger partial charge in [0.2, 0.25) is 5.91 Å². The number of nitrogens with one attached hydrogen (secondary N) is 1. The van der Waals surface area contributed by atoms with Crippen LogP contribution in [0.2, 0.25) is 0 Å². The van der Waals surface area contributed by atoms with Crippen molar-refractivity contribution in [2.24, 2.45) is 5.73 Å². The number of amides is 2. The number of ether oxygens (including phenoxy) is 2. The highest BCUT2D eigenvalue weighted by Crippen LogP contribution is 2.32. The monoisotopic (exact) mass is 548 g/mol. The van der Waals surface area contributed by atoms with Crippen molar-refractivity contribution in [3.8, 4) is 11.5 Å². The summed E-state index contributed by atoms with van der Waals surface area (Å²) in [5.74, 6) is -1.09. The molecule has 0 bridgehead atoms. The van der Waals surface area contributed by atoms with Crippen LogP contribution >= 0.6 is 0 Å². The molecule has 206 valence electrons. The highest BCUT2D eigenvalue weighted by atomic mass is 19.4. The topological polar surface area (TPSA) is 90.7 Å². The molecule has 0 heterocycles. The molecule has 6 nitrogen and oxygen atoms in total. The van der Waals surface area contributed by atoms with Gasteiger partial charge in [-0.3, -0.25) is 9.59 Å². The molecule has 0 aliphatic carbocycles. The van der Waals surface area contributed by atoms with Crippen molar-refractivity contribution in [1.29, 1.82) is 0 Å². The fourth-order valence-electron chi connectivity index (χ4n) is 4.00. The van der Waals surface area contributed by atoms with E-state index in [4.69, 9.17) is 15.2 Å². The predicted octanol–water partition coefficient (Wildman–Crippen LogP) is 5.69. The number of alkyl halides is 3. The molecule has 4 aromatic rings. The number of hydrogen-bond acceptors (Lipinski definition) is 4. The SMILES string of the molecule is NC(=O)[C@@H](Cc1ccc(OCc2ccccc2)c(OCc2ccccc2)c1)NC(=O)c1ccccc1C(F)(F)F. The van der Waals surface area contributed by atoms with Gasteiger partial charge >= 0.3 is 6.18 Å². The van der Waals surface area contributed by atoms with Crippen molar-refractivity contribution in [3.05, 3.63) is 131 Å². The van der Waals surface area contributed by atoms with Crippen LogP contribution in [0, 0.1) is 0 Å². The summed E-state index contributed by atoms with van der Waals surface area (Å²) in [6.45, 7) is 0.538. The van der Waals surface area contributed by atoms with Gasteiger partial charge in [-0.1, -0.05) is 78.9 Å². The Morgan fingerprint density at radius 1 is 0.725 bits per heavy atom. The standard InChI is InChI=1S/C31H27F3N2O4/c32-31(33,34)25-14-8-7-13-24(25)30(38)36-26(29(35)37)17-23-15-16-27(39-19-21-9-3-1-4-10-21)28(18-23)40-20-22-11-5-2-6-12-22/h1-16,18,26H,17,19-20H2,(H2,35,37)(H,36,38)/t26-/m1/s1. The molecule has 0 saturated carbocycles. The minimum Gasteiger partial charge on any atom is -0.485 e. The molecule has 40 heavy (non-hydrogen) atoms. The van der Waals surface area contributed by atoms with Crippen LogP contribution in [0.25, 0.3) is 0 Å². The van der Waals surface area contributed by atoms with Crippen LogP contribution in [0.4, 0.5) is 13.2 Å². The molecule has 0 spiro atoms. The number of benzene rings is 4. The van der Waals surface area contributed by atoms with Crippen LogP contribution < -0.4 is 20.5 Å². The molecule has 0 aromatic heterocycles. The molecule has 1 atom stereocenters. The highest BCUT2D eigenvalue weighted by molar-refractivity contribution is 5.98. The van der Waals surface area contributed by atoms with E-state index < -0.39 is 35.2 Å². The molecule has 0 fully saturated rings. The lowest BCUT2D eigenvalue weighted by atomic mass is 10.0. The molecule has 9 heteroatoms. The number of halogens is 3. The van der Waals surface area contributed by atoms with Gasteiger partial charge in [0.25, 0.3) is 5.91 Å². The molecule has 0 saturated heterocycles. The zero-order chi connectivity index (χ0) is 28.5. The summed E-state index contributed by atoms with van der Waals surface area (Å²) < 4.78 is 52.2. The number of rotatable bonds is 11. The summed E-state index contributed by atoms with van der Waals surface area (Å²) in [7, 11) is 0. The molecule has 0 radical (unpaired) electrons. The summed E-state index contributed by atoms with van der Waals surface area (Å²) >= 11 is 0. The second-order valence-corrected chi connectivity index (χ2v) is 9.01. The van der Waals surface area contributed by atoms with E-state index in [-0.39, 0.29) is 13.0 Å². The van der Waals surface area contributed by atoms with E-state index in [9.17, 15) is 22.8 Å². The number of primary amides is 1. The second kappa shape index (κ2) is 12.8. The Bertz CT molecular complexity index is 1440. The zero-order valence-corrected chi connectivity index (χ0v) is 21.4. The average Bonchev–Trinajstić information content (AvgIpc) is 2.95. The van der Waals surface area contributed by atoms with Crippen molar-refractivity contribution in [3.63, 3.8) is 0 Å². The lowest BCUT2D eigenvalue weighted by Crippen LogP contribution is -2.46. The Morgan fingerprint density at radius 3 is 1.85 bits per heavy atom. The number of nitrogens with two attached hydrogens (primary N) is 1. The highest BCUT2D eigenvalue weighted by Gasteiger charge is 2.35. The van der Waals surface area contributed by atoms with Crippen molar-refractivity contribution in [2.45, 2.75) is 31.9 Å². The largest absolute Gasteiger partial charge is 0.485 e. The lowest BCUT2D eigenvalue weighted by Gasteiger charge is -2.19. The van der Waals surface area contributed by atoms with Crippen LogP contribution in [0.15, 0.2) is 103 Å². The van der Waals surface area contributed by atoms with Gasteiger partial charge in [0.05, 0.1) is 11.1 Å². The van der Waals surface area contributed by atoms with Crippen molar-refractivity contribution in [1.82, 2.24) is 5.32 Å². The first-order valence-electron chi connectivity index (χ1n) is 12.4. The average molecular weight is 549 g/mol. The van der Waals surface area contributed by atoms with E-state index in [0.29, 0.717) is 23.7 Å². The Balaban J connectivity index is 1.54. The molecule has 4 rings (SSSR count). The van der Waals surface area contributed by atoms with Crippen LogP contribution in [0.3, 0.4) is 0 Å². The van der Waals surface area contributed by atoms with Crippen LogP contribution in [-0.4, -0.2) is 17.9 Å². The third kappa shape index (κ3) is 7.63. The maximum Gasteiger partial charge on any atom is 0.417 e. The first-order chi connectivity index (χ1) is 19.2. The lowest BCUT2D eigenvalue weighted by molar-refractivity contribution is -0.137. The molecular weight excluding hydrogens is 521 g/mol. The number of hydrogen-bond donors (Lipinski definition) is 2. The van der Waals surface area contributed by atoms with Gasteiger partial charge in [0, 0.05) is 6.42 Å². The zero-order valence-electron chi connectivity index (χ0n) is 21.4. The van der Waals surface area contributed by atoms with E-state index in [1.165, 1.54) is 12.1 Å². The van der Waals surface area contributed by atoms with E-state index in [0.717, 1.165) is 23.3 Å². The number of carbonyl (C=O) groups excluding carboxylic acids is 2. The maximum absolute atomic E-state index is 13.4. The van der Waals surface area contributed by atoms with Crippen LogP contribution in [0.5, 0.6) is 11.5 Å². The summed E-state index contributed by atoms with van der Waals surface area (Å²) in [6, 6.07) is 27.1. The Labute approximate surface area is 229 Å². The summed E-state index contributed by atoms with van der Waals surface area (Å²) in [5.41, 5.74) is 6.25. The quantitative estimate of drug-likeness (QED) is 0.252. The summed E-state index contributed by atoms with van der Waals surface area (Å²) in [5, 5.41) is 2.35. The second-order valence-electron chi connectivity index (χ2n) is 9.01. The van der Waals surface area contributed by atoms with E-state index in [1.54, 1.807) is 18.2 Å². The molecule has 0 aliphatic heterocycles. The van der Waals surface area contributed by atoms with Crippen molar-refractivity contribution in [2.75, 3.05) is 0 Å². The minimum absolute atomic E-state index is 0.0735. The van der Waals surface area contributed by atoms with E-state index in [2.05, 4.69) is 5.32 Å². The molecule has 0 aliphatic rings. The van der Waals surface area contributed by atoms with Gasteiger partial charge in [-0.25, -0.2) is 0 Å². The van der Waals surface area contributed by atoms with E-state index >= 15 is 0 Å². The normalized spacial score (nSPS) is 11.9. The van der Waals surface area contributed by atoms with E-state index in [1.807, 2.05) is 60.7 Å². The first kappa shape index (κ1) is 28.2. The van der Waals surface area contributed by atoms with Gasteiger partial charge in [-0.15, -0.1) is 0 Å². The Kier molecular flexibility index (Phi) is 9.06. The first-order valence-corrected chi connectivity index (χ1v) is 12.4. The molecule has 0 unspecified atom stereocenters. The van der Waals surface area contributed by atoms with Gasteiger partial charge in [0.1, 0.15) is 19.3 Å². The third-order valence-electron chi connectivity index (χ3n) is 6.05. The van der Waals surface area contributed by atoms with Crippen molar-refractivity contribution < 1.29 is 32.2 Å². The Morgan fingerprint density at radius 2 is 1.27 bits per heavy atom. The fraction of sp³-hybridized carbons (Fsp3) is 0.161. The third-order valence-corrected chi connectivity index (χ3v) is 6.05. The summed E-state index contributed by atoms with van der Waals surface area (Å²) in [6.07, 6.45) is -4.81. The van der Waals surface area contributed by atoms with Gasteiger partial charge < -0.3 is 20.5 Å². The molecule has 2 amide bonds. The van der Waals surface area contributed by atoms with Gasteiger partial charge in [-0.05, 0) is 41.0 Å². The minimum atomic E-state index is -4.74. The van der Waals surface area contributed by atoms with Gasteiger partial charge in [0.15, 0.2) is 11.5 Å². The number of carbonyl (C=O) groups is 2. The van der Waals surface area contributed by atoms with Gasteiger partial charge in [-0.2, -0.15) is 13.2 Å². The molecule has 3 N–H and O–H groups in total. The molecular formula is C31H27F3N2O4. The van der Waals surface area contributed by atoms with Crippen LogP contribution in [-0.2, 0) is 30.6 Å². The van der Waals surface area contributed by atoms with Crippen LogP contribution in [0.1, 0.15) is 32.6 Å². The maximum atomic E-state index is 13.4. The fourth-order valence-corrected chi connectivity index (χ4v) is 4.00. The molecule has 4 aromatic carbocycles. The van der Waals surface area contributed by atoms with Crippen molar-refractivity contribution >= 4 is 11.8 Å². The predicted molar refractivity (Wildman–Crippen MR) is 144 cm³/mol.